The van der Waals surface area contributed by atoms with Gasteiger partial charge in [0, 0.05) is 6.61 Å². The molecule has 0 aliphatic rings. The lowest BCUT2D eigenvalue weighted by molar-refractivity contribution is -0.0229. The molecule has 0 bridgehead atoms. The Bertz CT molecular complexity index is 251. The Kier molecular flexibility index (Phi) is 4.15. The molecular weight excluding hydrogens is 172 g/mol. The van der Waals surface area contributed by atoms with Crippen LogP contribution in [0.4, 0.5) is 0 Å². The standard InChI is InChI=1S/C13H20O/c1-4-5-11-14-13(2,3)12-9-7-6-8-10-12/h6-10H,4-5,11H2,1-3H3. The van der Waals surface area contributed by atoms with Gasteiger partial charge in [-0.3, -0.25) is 0 Å². The van der Waals surface area contributed by atoms with Crippen LogP contribution in [0.5, 0.6) is 0 Å². The molecule has 1 rings (SSSR count). The summed E-state index contributed by atoms with van der Waals surface area (Å²) >= 11 is 0. The molecule has 0 saturated heterocycles. The Labute approximate surface area is 87.1 Å². The molecule has 1 nitrogen and oxygen atoms in total. The van der Waals surface area contributed by atoms with E-state index in [4.69, 9.17) is 4.74 Å². The first-order chi connectivity index (χ1) is 6.67. The van der Waals surface area contributed by atoms with Gasteiger partial charge in [-0.15, -0.1) is 0 Å². The summed E-state index contributed by atoms with van der Waals surface area (Å²) in [6.45, 7) is 7.27. The van der Waals surface area contributed by atoms with Crippen LogP contribution in [-0.2, 0) is 10.3 Å². The molecule has 0 unspecified atom stereocenters. The molecule has 0 heterocycles. The molecule has 0 aromatic heterocycles. The average Bonchev–Trinajstić information content (AvgIpc) is 2.19. The molecule has 0 radical (unpaired) electrons. The summed E-state index contributed by atoms with van der Waals surface area (Å²) in [5.74, 6) is 0. The highest BCUT2D eigenvalue weighted by atomic mass is 16.5. The fourth-order valence-electron chi connectivity index (χ4n) is 1.39. The molecular formula is C13H20O. The van der Waals surface area contributed by atoms with Crippen molar-refractivity contribution >= 4 is 0 Å². The van der Waals surface area contributed by atoms with Crippen molar-refractivity contribution in [2.45, 2.75) is 39.2 Å². The zero-order chi connectivity index (χ0) is 10.4. The molecule has 1 heteroatoms. The van der Waals surface area contributed by atoms with Gasteiger partial charge in [-0.05, 0) is 25.8 Å². The number of hydrogen-bond donors (Lipinski definition) is 0. The van der Waals surface area contributed by atoms with E-state index in [-0.39, 0.29) is 5.60 Å². The van der Waals surface area contributed by atoms with E-state index in [1.54, 1.807) is 0 Å². The van der Waals surface area contributed by atoms with Crippen LogP contribution >= 0.6 is 0 Å². The van der Waals surface area contributed by atoms with Gasteiger partial charge in [0.2, 0.25) is 0 Å². The number of rotatable bonds is 5. The van der Waals surface area contributed by atoms with Crippen molar-refractivity contribution in [2.24, 2.45) is 0 Å². The third kappa shape index (κ3) is 3.15. The van der Waals surface area contributed by atoms with Crippen molar-refractivity contribution in [3.8, 4) is 0 Å². The van der Waals surface area contributed by atoms with E-state index in [2.05, 4.69) is 45.0 Å². The second-order valence-electron chi connectivity index (χ2n) is 4.08. The first-order valence-corrected chi connectivity index (χ1v) is 5.36. The number of unbranched alkanes of at least 4 members (excludes halogenated alkanes) is 1. The first kappa shape index (κ1) is 11.3. The van der Waals surface area contributed by atoms with E-state index in [9.17, 15) is 0 Å². The van der Waals surface area contributed by atoms with Gasteiger partial charge in [-0.2, -0.15) is 0 Å². The SMILES string of the molecule is CCCCOC(C)(C)c1ccccc1. The molecule has 0 aliphatic heterocycles. The molecule has 0 fully saturated rings. The normalized spacial score (nSPS) is 11.6. The molecule has 0 aliphatic carbocycles. The van der Waals surface area contributed by atoms with Crippen LogP contribution in [0.1, 0.15) is 39.2 Å². The Balaban J connectivity index is 2.56. The van der Waals surface area contributed by atoms with Gasteiger partial charge in [0.15, 0.2) is 0 Å². The highest BCUT2D eigenvalue weighted by molar-refractivity contribution is 5.20. The Hall–Kier alpha value is -0.820. The van der Waals surface area contributed by atoms with Gasteiger partial charge < -0.3 is 4.74 Å². The van der Waals surface area contributed by atoms with Gasteiger partial charge in [-0.1, -0.05) is 43.7 Å². The average molecular weight is 192 g/mol. The monoisotopic (exact) mass is 192 g/mol. The largest absolute Gasteiger partial charge is 0.371 e. The van der Waals surface area contributed by atoms with Crippen molar-refractivity contribution in [1.29, 1.82) is 0 Å². The van der Waals surface area contributed by atoms with Gasteiger partial charge in [0.1, 0.15) is 0 Å². The predicted octanol–water partition coefficient (Wildman–Crippen LogP) is 3.74. The lowest BCUT2D eigenvalue weighted by Crippen LogP contribution is -2.22. The summed E-state index contributed by atoms with van der Waals surface area (Å²) in [7, 11) is 0. The second kappa shape index (κ2) is 5.16. The highest BCUT2D eigenvalue weighted by Crippen LogP contribution is 2.24. The van der Waals surface area contributed by atoms with Crippen LogP contribution < -0.4 is 0 Å². The second-order valence-corrected chi connectivity index (χ2v) is 4.08. The maximum absolute atomic E-state index is 5.86. The van der Waals surface area contributed by atoms with Crippen molar-refractivity contribution in [3.05, 3.63) is 35.9 Å². The Morgan fingerprint density at radius 1 is 1.14 bits per heavy atom. The Morgan fingerprint density at radius 2 is 1.79 bits per heavy atom. The van der Waals surface area contributed by atoms with Crippen LogP contribution in [0.25, 0.3) is 0 Å². The summed E-state index contributed by atoms with van der Waals surface area (Å²) in [5.41, 5.74) is 1.09. The van der Waals surface area contributed by atoms with Crippen LogP contribution in [0, 0.1) is 0 Å². The lowest BCUT2D eigenvalue weighted by atomic mass is 9.98. The van der Waals surface area contributed by atoms with Gasteiger partial charge in [0.05, 0.1) is 5.60 Å². The quantitative estimate of drug-likeness (QED) is 0.646. The van der Waals surface area contributed by atoms with Crippen LogP contribution in [-0.4, -0.2) is 6.61 Å². The summed E-state index contributed by atoms with van der Waals surface area (Å²) in [4.78, 5) is 0. The summed E-state index contributed by atoms with van der Waals surface area (Å²) < 4.78 is 5.86. The molecule has 14 heavy (non-hydrogen) atoms. The van der Waals surface area contributed by atoms with Crippen molar-refractivity contribution in [3.63, 3.8) is 0 Å². The third-order valence-electron chi connectivity index (χ3n) is 2.43. The van der Waals surface area contributed by atoms with Gasteiger partial charge >= 0.3 is 0 Å². The summed E-state index contributed by atoms with van der Waals surface area (Å²) in [6, 6.07) is 10.4. The molecule has 1 aromatic carbocycles. The van der Waals surface area contributed by atoms with E-state index < -0.39 is 0 Å². The van der Waals surface area contributed by atoms with E-state index in [1.807, 2.05) is 6.07 Å². The van der Waals surface area contributed by atoms with E-state index in [1.165, 1.54) is 12.0 Å². The minimum absolute atomic E-state index is 0.156. The summed E-state index contributed by atoms with van der Waals surface area (Å²) in [5, 5.41) is 0. The van der Waals surface area contributed by atoms with E-state index in [0.29, 0.717) is 0 Å². The molecule has 0 amide bonds. The maximum Gasteiger partial charge on any atom is 0.0875 e. The smallest absolute Gasteiger partial charge is 0.0875 e. The minimum atomic E-state index is -0.156. The maximum atomic E-state index is 5.86. The molecule has 78 valence electrons. The van der Waals surface area contributed by atoms with Gasteiger partial charge in [-0.25, -0.2) is 0 Å². The molecule has 0 spiro atoms. The zero-order valence-electron chi connectivity index (χ0n) is 9.42. The fraction of sp³-hybridized carbons (Fsp3) is 0.538. The minimum Gasteiger partial charge on any atom is -0.371 e. The van der Waals surface area contributed by atoms with Crippen molar-refractivity contribution in [1.82, 2.24) is 0 Å². The van der Waals surface area contributed by atoms with Crippen molar-refractivity contribution in [2.75, 3.05) is 6.61 Å². The predicted molar refractivity (Wildman–Crippen MR) is 60.3 cm³/mol. The van der Waals surface area contributed by atoms with E-state index >= 15 is 0 Å². The zero-order valence-corrected chi connectivity index (χ0v) is 9.42. The number of benzene rings is 1. The fourth-order valence-corrected chi connectivity index (χ4v) is 1.39. The van der Waals surface area contributed by atoms with Crippen LogP contribution in [0.15, 0.2) is 30.3 Å². The molecule has 0 N–H and O–H groups in total. The lowest BCUT2D eigenvalue weighted by Gasteiger charge is -2.25. The number of hydrogen-bond acceptors (Lipinski definition) is 1. The van der Waals surface area contributed by atoms with Crippen molar-refractivity contribution < 1.29 is 4.74 Å². The van der Waals surface area contributed by atoms with Crippen LogP contribution in [0.2, 0.25) is 0 Å². The Morgan fingerprint density at radius 3 is 2.36 bits per heavy atom. The van der Waals surface area contributed by atoms with E-state index in [0.717, 1.165) is 13.0 Å². The van der Waals surface area contributed by atoms with Crippen LogP contribution in [0.3, 0.4) is 0 Å². The first-order valence-electron chi connectivity index (χ1n) is 5.36. The van der Waals surface area contributed by atoms with Gasteiger partial charge in [0.25, 0.3) is 0 Å². The molecule has 1 aromatic rings. The summed E-state index contributed by atoms with van der Waals surface area (Å²) in [6.07, 6.45) is 2.32. The topological polar surface area (TPSA) is 9.23 Å². The highest BCUT2D eigenvalue weighted by Gasteiger charge is 2.19. The molecule has 0 saturated carbocycles. The number of ether oxygens (including phenoxy) is 1. The third-order valence-corrected chi connectivity index (χ3v) is 2.43. The molecule has 0 atom stereocenters.